The predicted octanol–water partition coefficient (Wildman–Crippen LogP) is 3.15. The topological polar surface area (TPSA) is 56.0 Å². The lowest BCUT2D eigenvalue weighted by Gasteiger charge is -2.09. The summed E-state index contributed by atoms with van der Waals surface area (Å²) >= 11 is 0. The molecule has 0 aromatic heterocycles. The Morgan fingerprint density at radius 2 is 1.68 bits per heavy atom. The molecule has 0 amide bonds. The average molecular weight is 260 g/mol. The number of phenolic OH excluding ortho intramolecular Hbond substituents is 1. The van der Waals surface area contributed by atoms with E-state index in [0.29, 0.717) is 0 Å². The summed E-state index contributed by atoms with van der Waals surface area (Å²) in [4.78, 5) is 0. The quantitative estimate of drug-likeness (QED) is 0.891. The summed E-state index contributed by atoms with van der Waals surface area (Å²) in [7, 11) is 0. The third kappa shape index (κ3) is 2.99. The summed E-state index contributed by atoms with van der Waals surface area (Å²) in [6, 6.07) is 9.89. The molecule has 0 saturated carbocycles. The molecule has 19 heavy (non-hydrogen) atoms. The number of phenols is 1. The van der Waals surface area contributed by atoms with E-state index in [0.717, 1.165) is 17.7 Å². The molecule has 0 aliphatic carbocycles. The van der Waals surface area contributed by atoms with Gasteiger partial charge in [-0.3, -0.25) is 0 Å². The third-order valence-corrected chi connectivity index (χ3v) is 2.58. The number of hydrogen-bond donors (Lipinski definition) is 2. The Balaban J connectivity index is 2.16. The summed E-state index contributed by atoms with van der Waals surface area (Å²) in [5.41, 5.74) is 0.429. The van der Waals surface area contributed by atoms with Crippen LogP contribution in [0.4, 0.5) is 14.5 Å². The van der Waals surface area contributed by atoms with E-state index in [4.69, 9.17) is 10.4 Å². The highest BCUT2D eigenvalue weighted by Gasteiger charge is 2.10. The summed E-state index contributed by atoms with van der Waals surface area (Å²) in [5.74, 6) is -1.50. The van der Waals surface area contributed by atoms with Crippen LogP contribution in [0.5, 0.6) is 5.75 Å². The summed E-state index contributed by atoms with van der Waals surface area (Å²) in [6.45, 7) is 0.208. The van der Waals surface area contributed by atoms with Crippen LogP contribution in [-0.2, 0) is 6.54 Å². The molecule has 0 unspecified atom stereocenters. The number of benzene rings is 2. The second-order valence-corrected chi connectivity index (χ2v) is 3.95. The van der Waals surface area contributed by atoms with Crippen molar-refractivity contribution in [1.82, 2.24) is 0 Å². The fourth-order valence-corrected chi connectivity index (χ4v) is 1.61. The molecule has 5 heteroatoms. The molecule has 0 radical (unpaired) electrons. The molecule has 96 valence electrons. The lowest BCUT2D eigenvalue weighted by atomic mass is 10.2. The lowest BCUT2D eigenvalue weighted by molar-refractivity contribution is 0.475. The monoisotopic (exact) mass is 260 g/mol. The van der Waals surface area contributed by atoms with Crippen LogP contribution < -0.4 is 5.32 Å². The van der Waals surface area contributed by atoms with E-state index in [2.05, 4.69) is 5.32 Å². The zero-order valence-corrected chi connectivity index (χ0v) is 9.82. The minimum absolute atomic E-state index is 0.0646. The highest BCUT2D eigenvalue weighted by atomic mass is 19.1. The van der Waals surface area contributed by atoms with E-state index < -0.39 is 11.6 Å². The van der Waals surface area contributed by atoms with Gasteiger partial charge in [-0.15, -0.1) is 0 Å². The third-order valence-electron chi connectivity index (χ3n) is 2.58. The molecule has 0 heterocycles. The number of aromatic hydroxyl groups is 1. The smallest absolute Gasteiger partial charge is 0.150 e. The van der Waals surface area contributed by atoms with Gasteiger partial charge in [-0.1, -0.05) is 12.1 Å². The van der Waals surface area contributed by atoms with Crippen LogP contribution in [0.3, 0.4) is 0 Å². The van der Waals surface area contributed by atoms with Crippen LogP contribution in [-0.4, -0.2) is 5.11 Å². The molecule has 3 nitrogen and oxygen atoms in total. The second-order valence-electron chi connectivity index (χ2n) is 3.95. The average Bonchev–Trinajstić information content (AvgIpc) is 2.39. The Labute approximate surface area is 108 Å². The molecule has 2 rings (SSSR count). The van der Waals surface area contributed by atoms with Gasteiger partial charge in [0.05, 0.1) is 11.6 Å². The predicted molar refractivity (Wildman–Crippen MR) is 66.5 cm³/mol. The van der Waals surface area contributed by atoms with E-state index in [-0.39, 0.29) is 23.5 Å². The van der Waals surface area contributed by atoms with Gasteiger partial charge in [-0.2, -0.15) is 5.26 Å². The minimum Gasteiger partial charge on any atom is -0.508 e. The number of halogens is 2. The Morgan fingerprint density at radius 3 is 2.21 bits per heavy atom. The highest BCUT2D eigenvalue weighted by Crippen LogP contribution is 2.21. The molecule has 0 aliphatic heterocycles. The van der Waals surface area contributed by atoms with Crippen molar-refractivity contribution < 1.29 is 13.9 Å². The van der Waals surface area contributed by atoms with Crippen molar-refractivity contribution in [3.05, 3.63) is 59.2 Å². The lowest BCUT2D eigenvalue weighted by Crippen LogP contribution is -2.04. The maximum absolute atomic E-state index is 13.6. The van der Waals surface area contributed by atoms with Crippen LogP contribution >= 0.6 is 0 Å². The first-order valence-electron chi connectivity index (χ1n) is 5.51. The van der Waals surface area contributed by atoms with Crippen molar-refractivity contribution in [3.63, 3.8) is 0 Å². The van der Waals surface area contributed by atoms with Crippen molar-refractivity contribution >= 4 is 5.69 Å². The van der Waals surface area contributed by atoms with Crippen LogP contribution in [0.1, 0.15) is 11.1 Å². The number of nitriles is 1. The SMILES string of the molecule is N#Cc1cc(F)c(NCc2ccc(O)cc2)c(F)c1. The highest BCUT2D eigenvalue weighted by molar-refractivity contribution is 5.50. The first kappa shape index (κ1) is 12.8. The van der Waals surface area contributed by atoms with Gasteiger partial charge in [-0.25, -0.2) is 8.78 Å². The molecule has 0 saturated heterocycles. The van der Waals surface area contributed by atoms with Gasteiger partial charge in [-0.05, 0) is 29.8 Å². The summed E-state index contributed by atoms with van der Waals surface area (Å²) < 4.78 is 27.1. The Bertz CT molecular complexity index is 610. The first-order valence-corrected chi connectivity index (χ1v) is 5.51. The zero-order chi connectivity index (χ0) is 13.8. The Hall–Kier alpha value is -2.61. The molecular formula is C14H10F2N2O. The second kappa shape index (κ2) is 5.36. The molecule has 0 atom stereocenters. The number of rotatable bonds is 3. The van der Waals surface area contributed by atoms with Crippen molar-refractivity contribution in [2.75, 3.05) is 5.32 Å². The van der Waals surface area contributed by atoms with Gasteiger partial charge in [0.2, 0.25) is 0 Å². The van der Waals surface area contributed by atoms with E-state index >= 15 is 0 Å². The van der Waals surface area contributed by atoms with Gasteiger partial charge < -0.3 is 10.4 Å². The molecule has 0 aliphatic rings. The fourth-order valence-electron chi connectivity index (χ4n) is 1.61. The molecular weight excluding hydrogens is 250 g/mol. The maximum atomic E-state index is 13.6. The molecule has 0 spiro atoms. The Morgan fingerprint density at radius 1 is 1.11 bits per heavy atom. The fraction of sp³-hybridized carbons (Fsp3) is 0.0714. The maximum Gasteiger partial charge on any atom is 0.150 e. The van der Waals surface area contributed by atoms with Gasteiger partial charge in [0.1, 0.15) is 11.4 Å². The molecule has 2 aromatic carbocycles. The van der Waals surface area contributed by atoms with E-state index in [1.54, 1.807) is 18.2 Å². The summed E-state index contributed by atoms with van der Waals surface area (Å²) in [6.07, 6.45) is 0. The number of nitrogens with zero attached hydrogens (tertiary/aromatic N) is 1. The van der Waals surface area contributed by atoms with Crippen LogP contribution in [0.15, 0.2) is 36.4 Å². The zero-order valence-electron chi connectivity index (χ0n) is 9.82. The van der Waals surface area contributed by atoms with Gasteiger partial charge in [0, 0.05) is 6.54 Å². The minimum atomic E-state index is -0.810. The van der Waals surface area contributed by atoms with Crippen molar-refractivity contribution in [2.45, 2.75) is 6.54 Å². The number of nitrogens with one attached hydrogen (secondary N) is 1. The van der Waals surface area contributed by atoms with Crippen molar-refractivity contribution in [1.29, 1.82) is 5.26 Å². The van der Waals surface area contributed by atoms with Gasteiger partial charge in [0.25, 0.3) is 0 Å². The molecule has 2 aromatic rings. The molecule has 0 bridgehead atoms. The standard InChI is InChI=1S/C14H10F2N2O/c15-12-5-10(7-17)6-13(16)14(12)18-8-9-1-3-11(19)4-2-9/h1-6,18-19H,8H2. The van der Waals surface area contributed by atoms with Gasteiger partial charge >= 0.3 is 0 Å². The van der Waals surface area contributed by atoms with Crippen LogP contribution in [0.25, 0.3) is 0 Å². The summed E-state index contributed by atoms with van der Waals surface area (Å²) in [5, 5.41) is 20.3. The van der Waals surface area contributed by atoms with Crippen LogP contribution in [0.2, 0.25) is 0 Å². The van der Waals surface area contributed by atoms with Crippen LogP contribution in [0, 0.1) is 23.0 Å². The van der Waals surface area contributed by atoms with E-state index in [1.165, 1.54) is 12.1 Å². The van der Waals surface area contributed by atoms with E-state index in [9.17, 15) is 8.78 Å². The molecule has 0 fully saturated rings. The van der Waals surface area contributed by atoms with Gasteiger partial charge in [0.15, 0.2) is 11.6 Å². The normalized spacial score (nSPS) is 9.95. The van der Waals surface area contributed by atoms with E-state index in [1.807, 2.05) is 0 Å². The first-order chi connectivity index (χ1) is 9.10. The number of hydrogen-bond acceptors (Lipinski definition) is 3. The largest absolute Gasteiger partial charge is 0.508 e. The molecule has 2 N–H and O–H groups in total. The van der Waals surface area contributed by atoms with Crippen molar-refractivity contribution in [3.8, 4) is 11.8 Å². The Kier molecular flexibility index (Phi) is 3.62. The van der Waals surface area contributed by atoms with Crippen molar-refractivity contribution in [2.24, 2.45) is 0 Å². The number of anilines is 1.